The van der Waals surface area contributed by atoms with Gasteiger partial charge >= 0.3 is 0 Å². The van der Waals surface area contributed by atoms with E-state index in [1.165, 1.54) is 12.8 Å². The minimum absolute atomic E-state index is 0.284. The topological polar surface area (TPSA) is 44.8 Å². The van der Waals surface area contributed by atoms with E-state index in [4.69, 9.17) is 4.74 Å². The van der Waals surface area contributed by atoms with E-state index in [-0.39, 0.29) is 5.91 Å². The maximum atomic E-state index is 12.2. The van der Waals surface area contributed by atoms with E-state index in [0.29, 0.717) is 19.2 Å². The molecule has 2 aliphatic rings. The summed E-state index contributed by atoms with van der Waals surface area (Å²) in [6.45, 7) is 6.04. The molecule has 5 heteroatoms. The SMILES string of the molecule is COCCN(CC(=O)N1CCCC1)CC1CCCN1. The number of rotatable bonds is 7. The van der Waals surface area contributed by atoms with Crippen molar-refractivity contribution >= 4 is 5.91 Å². The molecule has 2 rings (SSSR count). The summed E-state index contributed by atoms with van der Waals surface area (Å²) < 4.78 is 5.16. The van der Waals surface area contributed by atoms with E-state index in [0.717, 1.165) is 45.6 Å². The van der Waals surface area contributed by atoms with Gasteiger partial charge in [0.25, 0.3) is 0 Å². The lowest BCUT2D eigenvalue weighted by Gasteiger charge is -2.27. The fourth-order valence-corrected chi connectivity index (χ4v) is 2.94. The van der Waals surface area contributed by atoms with Crippen LogP contribution in [0.15, 0.2) is 0 Å². The molecule has 0 aromatic heterocycles. The predicted molar refractivity (Wildman–Crippen MR) is 75.2 cm³/mol. The van der Waals surface area contributed by atoms with Gasteiger partial charge in [0, 0.05) is 39.3 Å². The zero-order chi connectivity index (χ0) is 13.5. The van der Waals surface area contributed by atoms with Crippen molar-refractivity contribution in [3.05, 3.63) is 0 Å². The molecule has 0 aromatic carbocycles. The Hall–Kier alpha value is -0.650. The van der Waals surface area contributed by atoms with Gasteiger partial charge in [0.1, 0.15) is 0 Å². The number of nitrogens with one attached hydrogen (secondary N) is 1. The number of amides is 1. The molecule has 0 bridgehead atoms. The highest BCUT2D eigenvalue weighted by Crippen LogP contribution is 2.10. The van der Waals surface area contributed by atoms with Crippen LogP contribution in [0.4, 0.5) is 0 Å². The summed E-state index contributed by atoms with van der Waals surface area (Å²) in [5.74, 6) is 0.284. The van der Waals surface area contributed by atoms with E-state index in [1.807, 2.05) is 4.90 Å². The molecule has 1 atom stereocenters. The van der Waals surface area contributed by atoms with Crippen LogP contribution in [-0.2, 0) is 9.53 Å². The summed E-state index contributed by atoms with van der Waals surface area (Å²) in [6.07, 6.45) is 4.80. The number of hydrogen-bond acceptors (Lipinski definition) is 4. The van der Waals surface area contributed by atoms with Crippen LogP contribution < -0.4 is 5.32 Å². The molecule has 110 valence electrons. The van der Waals surface area contributed by atoms with Crippen LogP contribution in [-0.4, -0.2) is 74.7 Å². The number of ether oxygens (including phenoxy) is 1. The van der Waals surface area contributed by atoms with E-state index in [9.17, 15) is 4.79 Å². The van der Waals surface area contributed by atoms with Crippen molar-refractivity contribution in [2.75, 3.05) is 53.0 Å². The smallest absolute Gasteiger partial charge is 0.236 e. The molecule has 1 N–H and O–H groups in total. The molecule has 5 nitrogen and oxygen atoms in total. The Balaban J connectivity index is 1.79. The first-order valence-corrected chi connectivity index (χ1v) is 7.52. The molecule has 0 saturated carbocycles. The molecule has 19 heavy (non-hydrogen) atoms. The summed E-state index contributed by atoms with van der Waals surface area (Å²) >= 11 is 0. The number of nitrogens with zero attached hydrogens (tertiary/aromatic N) is 2. The first kappa shape index (κ1) is 14.8. The number of carbonyl (C=O) groups excluding carboxylic acids is 1. The van der Waals surface area contributed by atoms with Crippen molar-refractivity contribution in [1.29, 1.82) is 0 Å². The van der Waals surface area contributed by atoms with Crippen LogP contribution in [0.1, 0.15) is 25.7 Å². The third-order valence-electron chi connectivity index (χ3n) is 4.07. The van der Waals surface area contributed by atoms with Crippen LogP contribution in [0.3, 0.4) is 0 Å². The molecule has 2 aliphatic heterocycles. The summed E-state index contributed by atoms with van der Waals surface area (Å²) in [7, 11) is 1.72. The van der Waals surface area contributed by atoms with Crippen molar-refractivity contribution in [3.8, 4) is 0 Å². The Bertz CT molecular complexity index is 274. The summed E-state index contributed by atoms with van der Waals surface area (Å²) in [5.41, 5.74) is 0. The number of likely N-dealkylation sites (tertiary alicyclic amines) is 1. The van der Waals surface area contributed by atoms with E-state index in [2.05, 4.69) is 10.2 Å². The Morgan fingerprint density at radius 1 is 1.37 bits per heavy atom. The van der Waals surface area contributed by atoms with E-state index in [1.54, 1.807) is 7.11 Å². The van der Waals surface area contributed by atoms with Gasteiger partial charge in [-0.25, -0.2) is 0 Å². The third kappa shape index (κ3) is 4.75. The monoisotopic (exact) mass is 269 g/mol. The maximum absolute atomic E-state index is 12.2. The lowest BCUT2D eigenvalue weighted by atomic mass is 10.2. The fourth-order valence-electron chi connectivity index (χ4n) is 2.94. The van der Waals surface area contributed by atoms with Crippen molar-refractivity contribution in [3.63, 3.8) is 0 Å². The quantitative estimate of drug-likeness (QED) is 0.722. The number of carbonyl (C=O) groups is 1. The highest BCUT2D eigenvalue weighted by atomic mass is 16.5. The van der Waals surface area contributed by atoms with Gasteiger partial charge in [0.2, 0.25) is 5.91 Å². The first-order valence-electron chi connectivity index (χ1n) is 7.52. The van der Waals surface area contributed by atoms with Crippen molar-refractivity contribution in [2.24, 2.45) is 0 Å². The third-order valence-corrected chi connectivity index (χ3v) is 4.07. The van der Waals surface area contributed by atoms with Crippen LogP contribution in [0.25, 0.3) is 0 Å². The summed E-state index contributed by atoms with van der Waals surface area (Å²) in [4.78, 5) is 16.5. The minimum Gasteiger partial charge on any atom is -0.383 e. The molecule has 2 fully saturated rings. The Morgan fingerprint density at radius 2 is 2.16 bits per heavy atom. The second-order valence-corrected chi connectivity index (χ2v) is 5.61. The molecular weight excluding hydrogens is 242 g/mol. The lowest BCUT2D eigenvalue weighted by molar-refractivity contribution is -0.131. The summed E-state index contributed by atoms with van der Waals surface area (Å²) in [6, 6.07) is 0.545. The predicted octanol–water partition coefficient (Wildman–Crippen LogP) is 0.309. The molecule has 2 saturated heterocycles. The maximum Gasteiger partial charge on any atom is 0.236 e. The fraction of sp³-hybridized carbons (Fsp3) is 0.929. The van der Waals surface area contributed by atoms with Gasteiger partial charge in [-0.05, 0) is 32.2 Å². The van der Waals surface area contributed by atoms with Crippen LogP contribution in [0.5, 0.6) is 0 Å². The normalized spacial score (nSPS) is 23.5. The van der Waals surface area contributed by atoms with Crippen molar-refractivity contribution in [2.45, 2.75) is 31.7 Å². The Morgan fingerprint density at radius 3 is 2.79 bits per heavy atom. The van der Waals surface area contributed by atoms with Gasteiger partial charge in [0.15, 0.2) is 0 Å². The Labute approximate surface area is 116 Å². The Kier molecular flexibility index (Phi) is 6.07. The molecule has 2 heterocycles. The summed E-state index contributed by atoms with van der Waals surface area (Å²) in [5, 5.41) is 3.50. The van der Waals surface area contributed by atoms with Gasteiger partial charge < -0.3 is 15.0 Å². The van der Waals surface area contributed by atoms with Crippen LogP contribution >= 0.6 is 0 Å². The van der Waals surface area contributed by atoms with Gasteiger partial charge in [-0.15, -0.1) is 0 Å². The highest BCUT2D eigenvalue weighted by Gasteiger charge is 2.23. The lowest BCUT2D eigenvalue weighted by Crippen LogP contribution is -2.45. The standard InChI is InChI=1S/C14H27N3O2/c1-19-10-9-16(11-13-5-4-6-15-13)12-14(18)17-7-2-3-8-17/h13,15H,2-12H2,1H3. The molecule has 0 radical (unpaired) electrons. The molecular formula is C14H27N3O2. The van der Waals surface area contributed by atoms with Crippen molar-refractivity contribution in [1.82, 2.24) is 15.1 Å². The van der Waals surface area contributed by atoms with Crippen molar-refractivity contribution < 1.29 is 9.53 Å². The largest absolute Gasteiger partial charge is 0.383 e. The number of methoxy groups -OCH3 is 1. The molecule has 1 unspecified atom stereocenters. The zero-order valence-corrected chi connectivity index (χ0v) is 12.1. The van der Waals surface area contributed by atoms with E-state index < -0.39 is 0 Å². The molecule has 1 amide bonds. The van der Waals surface area contributed by atoms with Gasteiger partial charge in [-0.1, -0.05) is 0 Å². The first-order chi connectivity index (χ1) is 9.29. The zero-order valence-electron chi connectivity index (χ0n) is 12.1. The van der Waals surface area contributed by atoms with E-state index >= 15 is 0 Å². The average Bonchev–Trinajstić information content (AvgIpc) is 3.08. The van der Waals surface area contributed by atoms with Gasteiger partial charge in [-0.3, -0.25) is 9.69 Å². The molecule has 0 aliphatic carbocycles. The van der Waals surface area contributed by atoms with Gasteiger partial charge in [0.05, 0.1) is 13.2 Å². The number of hydrogen-bond donors (Lipinski definition) is 1. The second-order valence-electron chi connectivity index (χ2n) is 5.61. The average molecular weight is 269 g/mol. The van der Waals surface area contributed by atoms with Crippen LogP contribution in [0.2, 0.25) is 0 Å². The molecule has 0 spiro atoms. The minimum atomic E-state index is 0.284. The molecule has 0 aromatic rings. The van der Waals surface area contributed by atoms with Gasteiger partial charge in [-0.2, -0.15) is 0 Å². The van der Waals surface area contributed by atoms with Crippen LogP contribution in [0, 0.1) is 0 Å². The second kappa shape index (κ2) is 7.82. The highest BCUT2D eigenvalue weighted by molar-refractivity contribution is 5.78.